The van der Waals surface area contributed by atoms with Crippen LogP contribution in [0.3, 0.4) is 0 Å². The number of aromatic carboxylic acids is 1. The Morgan fingerprint density at radius 1 is 1.19 bits per heavy atom. The molecular weight excluding hydrogens is 356 g/mol. The number of aromatic nitrogens is 2. The SMILES string of the molecule is Cn1c(O)c(Cc2ccc(-c3cccc(C(=O)O)c3)o2)c(=O)n(C)c1=S. The van der Waals surface area contributed by atoms with E-state index in [0.29, 0.717) is 17.1 Å². The Kier molecular flexibility index (Phi) is 4.52. The number of aromatic hydroxyl groups is 1. The van der Waals surface area contributed by atoms with Crippen molar-refractivity contribution in [2.45, 2.75) is 6.42 Å². The number of carbonyl (C=O) groups is 1. The molecule has 26 heavy (non-hydrogen) atoms. The average Bonchev–Trinajstić information content (AvgIpc) is 3.11. The van der Waals surface area contributed by atoms with Crippen molar-refractivity contribution in [1.29, 1.82) is 0 Å². The number of furan rings is 1. The van der Waals surface area contributed by atoms with Gasteiger partial charge in [0.2, 0.25) is 5.88 Å². The van der Waals surface area contributed by atoms with E-state index in [1.54, 1.807) is 38.4 Å². The number of carboxylic acids is 1. The Labute approximate surface area is 153 Å². The number of hydrogen-bond acceptors (Lipinski definition) is 5. The first-order valence-electron chi connectivity index (χ1n) is 7.70. The molecule has 0 fully saturated rings. The fourth-order valence-electron chi connectivity index (χ4n) is 2.67. The van der Waals surface area contributed by atoms with Gasteiger partial charge in [0.1, 0.15) is 11.5 Å². The molecule has 0 radical (unpaired) electrons. The van der Waals surface area contributed by atoms with E-state index in [-0.39, 0.29) is 28.2 Å². The molecule has 2 heterocycles. The van der Waals surface area contributed by atoms with Crippen LogP contribution in [0, 0.1) is 4.77 Å². The van der Waals surface area contributed by atoms with Crippen LogP contribution in [-0.4, -0.2) is 25.3 Å². The van der Waals surface area contributed by atoms with E-state index in [9.17, 15) is 14.7 Å². The summed E-state index contributed by atoms with van der Waals surface area (Å²) < 4.78 is 8.59. The highest BCUT2D eigenvalue weighted by Crippen LogP contribution is 2.25. The Balaban J connectivity index is 1.98. The third-order valence-corrected chi connectivity index (χ3v) is 4.68. The van der Waals surface area contributed by atoms with Crippen molar-refractivity contribution in [2.24, 2.45) is 14.1 Å². The average molecular weight is 372 g/mol. The van der Waals surface area contributed by atoms with E-state index < -0.39 is 11.5 Å². The summed E-state index contributed by atoms with van der Waals surface area (Å²) in [4.78, 5) is 23.5. The summed E-state index contributed by atoms with van der Waals surface area (Å²) in [6.45, 7) is 0. The summed E-state index contributed by atoms with van der Waals surface area (Å²) in [5, 5.41) is 19.3. The van der Waals surface area contributed by atoms with E-state index in [1.165, 1.54) is 21.3 Å². The first-order chi connectivity index (χ1) is 12.3. The summed E-state index contributed by atoms with van der Waals surface area (Å²) >= 11 is 5.09. The van der Waals surface area contributed by atoms with Crippen molar-refractivity contribution in [3.05, 3.63) is 68.4 Å². The molecule has 134 valence electrons. The summed E-state index contributed by atoms with van der Waals surface area (Å²) in [5.74, 6) is -0.290. The summed E-state index contributed by atoms with van der Waals surface area (Å²) in [5.41, 5.74) is 0.542. The highest BCUT2D eigenvalue weighted by Gasteiger charge is 2.16. The molecule has 7 nitrogen and oxygen atoms in total. The van der Waals surface area contributed by atoms with Gasteiger partial charge in [-0.15, -0.1) is 0 Å². The number of carboxylic acid groups (broad SMARTS) is 1. The molecule has 3 aromatic rings. The maximum Gasteiger partial charge on any atom is 0.335 e. The third-order valence-electron chi connectivity index (χ3n) is 4.13. The van der Waals surface area contributed by atoms with E-state index in [0.717, 1.165) is 0 Å². The second-order valence-electron chi connectivity index (χ2n) is 5.84. The van der Waals surface area contributed by atoms with Crippen LogP contribution in [0.25, 0.3) is 11.3 Å². The molecule has 0 unspecified atom stereocenters. The molecule has 0 aliphatic carbocycles. The molecule has 0 aliphatic rings. The molecule has 1 aromatic carbocycles. The van der Waals surface area contributed by atoms with Gasteiger partial charge in [0.25, 0.3) is 5.56 Å². The minimum Gasteiger partial charge on any atom is -0.494 e. The zero-order valence-electron chi connectivity index (χ0n) is 14.1. The fourth-order valence-corrected chi connectivity index (χ4v) is 2.83. The highest BCUT2D eigenvalue weighted by atomic mass is 32.1. The van der Waals surface area contributed by atoms with Gasteiger partial charge in [0, 0.05) is 26.1 Å². The van der Waals surface area contributed by atoms with Crippen LogP contribution in [0.2, 0.25) is 0 Å². The van der Waals surface area contributed by atoms with Crippen molar-refractivity contribution < 1.29 is 19.4 Å². The zero-order chi connectivity index (χ0) is 19.0. The molecule has 0 saturated carbocycles. The van der Waals surface area contributed by atoms with Crippen molar-refractivity contribution in [1.82, 2.24) is 9.13 Å². The van der Waals surface area contributed by atoms with E-state index in [2.05, 4.69) is 0 Å². The first-order valence-corrected chi connectivity index (χ1v) is 8.10. The lowest BCUT2D eigenvalue weighted by Crippen LogP contribution is -2.25. The van der Waals surface area contributed by atoms with Gasteiger partial charge in [0.05, 0.1) is 11.1 Å². The molecule has 3 rings (SSSR count). The molecule has 0 saturated heterocycles. The van der Waals surface area contributed by atoms with Crippen LogP contribution in [0.4, 0.5) is 0 Å². The summed E-state index contributed by atoms with van der Waals surface area (Å²) in [7, 11) is 3.12. The first kappa shape index (κ1) is 17.7. The lowest BCUT2D eigenvalue weighted by molar-refractivity contribution is 0.0697. The predicted octanol–water partition coefficient (Wildman–Crippen LogP) is 2.71. The number of rotatable bonds is 4. The second kappa shape index (κ2) is 6.64. The number of hydrogen-bond donors (Lipinski definition) is 2. The normalized spacial score (nSPS) is 10.8. The van der Waals surface area contributed by atoms with Gasteiger partial charge in [-0.25, -0.2) is 4.79 Å². The van der Waals surface area contributed by atoms with Crippen LogP contribution < -0.4 is 5.56 Å². The van der Waals surface area contributed by atoms with Gasteiger partial charge in [-0.2, -0.15) is 0 Å². The predicted molar refractivity (Wildman–Crippen MR) is 97.1 cm³/mol. The smallest absolute Gasteiger partial charge is 0.335 e. The van der Waals surface area contributed by atoms with Crippen LogP contribution in [0.1, 0.15) is 21.7 Å². The van der Waals surface area contributed by atoms with Crippen LogP contribution in [0.15, 0.2) is 45.6 Å². The standard InChI is InChI=1S/C18H16N2O5S/c1-19-15(21)13(16(22)20(2)18(19)26)9-12-6-7-14(25-12)10-4-3-5-11(8-10)17(23)24/h3-8,21H,9H2,1-2H3,(H,23,24). The van der Waals surface area contributed by atoms with E-state index in [1.807, 2.05) is 0 Å². The number of benzene rings is 1. The monoisotopic (exact) mass is 372 g/mol. The van der Waals surface area contributed by atoms with Gasteiger partial charge in [-0.05, 0) is 36.5 Å². The minimum absolute atomic E-state index is 0.0839. The summed E-state index contributed by atoms with van der Waals surface area (Å²) in [6.07, 6.45) is 0.0839. The van der Waals surface area contributed by atoms with Gasteiger partial charge >= 0.3 is 5.97 Å². The maximum atomic E-state index is 12.4. The van der Waals surface area contributed by atoms with E-state index >= 15 is 0 Å². The zero-order valence-corrected chi connectivity index (χ0v) is 14.9. The Morgan fingerprint density at radius 3 is 2.62 bits per heavy atom. The molecule has 0 aliphatic heterocycles. The lowest BCUT2D eigenvalue weighted by Gasteiger charge is -2.11. The number of nitrogens with zero attached hydrogens (tertiary/aromatic N) is 2. The van der Waals surface area contributed by atoms with Gasteiger partial charge in [0.15, 0.2) is 4.77 Å². The van der Waals surface area contributed by atoms with Crippen LogP contribution in [-0.2, 0) is 20.5 Å². The Hall–Kier alpha value is -3.13. The maximum absolute atomic E-state index is 12.4. The molecule has 2 aromatic heterocycles. The quantitative estimate of drug-likeness (QED) is 0.684. The molecule has 0 amide bonds. The minimum atomic E-state index is -1.02. The fraction of sp³-hybridized carbons (Fsp3) is 0.167. The van der Waals surface area contributed by atoms with Crippen molar-refractivity contribution in [3.63, 3.8) is 0 Å². The van der Waals surface area contributed by atoms with E-state index in [4.69, 9.17) is 21.7 Å². The summed E-state index contributed by atoms with van der Waals surface area (Å²) in [6, 6.07) is 9.74. The van der Waals surface area contributed by atoms with Crippen molar-refractivity contribution in [2.75, 3.05) is 0 Å². The molecule has 2 N–H and O–H groups in total. The molecule has 0 spiro atoms. The van der Waals surface area contributed by atoms with Gasteiger partial charge < -0.3 is 14.6 Å². The lowest BCUT2D eigenvalue weighted by atomic mass is 10.1. The molecule has 0 atom stereocenters. The van der Waals surface area contributed by atoms with Gasteiger partial charge in [-0.1, -0.05) is 12.1 Å². The molecular formula is C18H16N2O5S. The largest absolute Gasteiger partial charge is 0.494 e. The molecule has 8 heteroatoms. The Morgan fingerprint density at radius 2 is 1.92 bits per heavy atom. The third kappa shape index (κ3) is 3.06. The second-order valence-corrected chi connectivity index (χ2v) is 6.20. The highest BCUT2D eigenvalue weighted by molar-refractivity contribution is 7.71. The van der Waals surface area contributed by atoms with Crippen LogP contribution in [0.5, 0.6) is 5.88 Å². The Bertz CT molecular complexity index is 1120. The van der Waals surface area contributed by atoms with Crippen molar-refractivity contribution >= 4 is 18.2 Å². The van der Waals surface area contributed by atoms with Gasteiger partial charge in [-0.3, -0.25) is 13.9 Å². The molecule has 0 bridgehead atoms. The topological polar surface area (TPSA) is 97.6 Å². The van der Waals surface area contributed by atoms with Crippen LogP contribution >= 0.6 is 12.2 Å². The van der Waals surface area contributed by atoms with Crippen molar-refractivity contribution in [3.8, 4) is 17.2 Å².